The number of nitrogens with one attached hydrogen (secondary N) is 1. The van der Waals surface area contributed by atoms with Crippen LogP contribution in [0.3, 0.4) is 0 Å². The van der Waals surface area contributed by atoms with Gasteiger partial charge in [0, 0.05) is 53.4 Å². The van der Waals surface area contributed by atoms with E-state index in [1.54, 1.807) is 24.5 Å². The third kappa shape index (κ3) is 5.51. The van der Waals surface area contributed by atoms with Gasteiger partial charge in [0.2, 0.25) is 0 Å². The number of nitrogens with two attached hydrogens (primary N) is 1. The maximum Gasteiger partial charge on any atom is 0.348 e. The Balaban J connectivity index is 0.00000357. The van der Waals surface area contributed by atoms with Crippen LogP contribution in [-0.4, -0.2) is 29.7 Å². The summed E-state index contributed by atoms with van der Waals surface area (Å²) in [5.41, 5.74) is 11.2. The van der Waals surface area contributed by atoms with Gasteiger partial charge >= 0.3 is 5.69 Å². The van der Waals surface area contributed by atoms with Crippen molar-refractivity contribution in [3.63, 3.8) is 0 Å². The Kier molecular flexibility index (Phi) is 7.82. The second-order valence-corrected chi connectivity index (χ2v) is 10.7. The molecule has 0 aliphatic carbocycles. The fourth-order valence-electron chi connectivity index (χ4n) is 5.68. The van der Waals surface area contributed by atoms with Crippen molar-refractivity contribution in [1.29, 1.82) is 0 Å². The molecular weight excluding hydrogens is 596 g/mol. The molecule has 3 heterocycles. The molecule has 3 N–H and O–H groups in total. The zero-order valence-electron chi connectivity index (χ0n) is 24.1. The second-order valence-electron chi connectivity index (χ2n) is 10.7. The van der Waals surface area contributed by atoms with E-state index in [9.17, 15) is 13.6 Å². The number of aromatic nitrogens is 5. The van der Waals surface area contributed by atoms with Gasteiger partial charge in [-0.2, -0.15) is 5.10 Å². The van der Waals surface area contributed by atoms with Gasteiger partial charge in [0.15, 0.2) is 5.82 Å². The van der Waals surface area contributed by atoms with Crippen molar-refractivity contribution >= 4 is 40.0 Å². The van der Waals surface area contributed by atoms with Crippen LogP contribution in [0.5, 0.6) is 0 Å². The quantitative estimate of drug-likeness (QED) is 0.160. The number of hydrogen-bond acceptors (Lipinski definition) is 3. The van der Waals surface area contributed by atoms with Crippen LogP contribution in [0, 0.1) is 11.6 Å². The lowest BCUT2D eigenvalue weighted by Gasteiger charge is -2.08. The van der Waals surface area contributed by atoms with Crippen molar-refractivity contribution in [3.8, 4) is 17.1 Å². The van der Waals surface area contributed by atoms with Crippen LogP contribution in [0.25, 0.3) is 38.9 Å². The number of nitrogens with zero attached hydrogens (tertiary/aromatic N) is 5. The molecule has 226 valence electrons. The van der Waals surface area contributed by atoms with E-state index >= 15 is 0 Å². The molecule has 0 aliphatic heterocycles. The van der Waals surface area contributed by atoms with E-state index in [0.717, 1.165) is 27.7 Å². The number of aliphatic imine (C=N–C) groups is 1. The highest BCUT2D eigenvalue weighted by molar-refractivity contribution is 5.98. The van der Waals surface area contributed by atoms with E-state index in [1.807, 2.05) is 70.8 Å². The van der Waals surface area contributed by atoms with Crippen molar-refractivity contribution in [2.24, 2.45) is 17.8 Å². The van der Waals surface area contributed by atoms with Gasteiger partial charge in [0.25, 0.3) is 0 Å². The van der Waals surface area contributed by atoms with E-state index in [-0.39, 0.29) is 12.4 Å². The molecule has 0 saturated heterocycles. The van der Waals surface area contributed by atoms with Gasteiger partial charge in [-0.15, -0.1) is 12.4 Å². The molecule has 0 fully saturated rings. The van der Waals surface area contributed by atoms with E-state index < -0.39 is 17.3 Å². The summed E-state index contributed by atoms with van der Waals surface area (Å²) < 4.78 is 34.1. The van der Waals surface area contributed by atoms with Crippen molar-refractivity contribution in [1.82, 2.24) is 23.9 Å². The molecule has 0 unspecified atom stereocenters. The van der Waals surface area contributed by atoms with E-state index in [0.29, 0.717) is 46.8 Å². The van der Waals surface area contributed by atoms with E-state index in [1.165, 1.54) is 28.8 Å². The molecule has 0 spiro atoms. The van der Waals surface area contributed by atoms with Crippen LogP contribution in [0.15, 0.2) is 113 Å². The highest BCUT2D eigenvalue weighted by Crippen LogP contribution is 2.33. The van der Waals surface area contributed by atoms with Gasteiger partial charge in [-0.25, -0.2) is 23.2 Å². The summed E-state index contributed by atoms with van der Waals surface area (Å²) >= 11 is 0. The zero-order chi connectivity index (χ0) is 30.4. The summed E-state index contributed by atoms with van der Waals surface area (Å²) in [5.74, 6) is -0.122. The smallest absolute Gasteiger partial charge is 0.348 e. The van der Waals surface area contributed by atoms with Crippen LogP contribution in [0.4, 0.5) is 8.78 Å². The molecule has 0 atom stereocenters. The van der Waals surface area contributed by atoms with Crippen LogP contribution >= 0.6 is 12.4 Å². The van der Waals surface area contributed by atoms with E-state index in [2.05, 4.69) is 15.2 Å². The number of hydrogen-bond donors (Lipinski definition) is 2. The zero-order valence-corrected chi connectivity index (χ0v) is 24.9. The SMILES string of the molecule is Cl.Cn1cc(-c2n[nH]c(=O)n2-c2cn(Cc3cccc(C(N)=NCc4ccccc4)c3)c3ccc(F)cc23)c2cc(F)ccc21. The third-order valence-electron chi connectivity index (χ3n) is 7.78. The van der Waals surface area contributed by atoms with Crippen molar-refractivity contribution in [2.75, 3.05) is 0 Å². The predicted molar refractivity (Wildman–Crippen MR) is 175 cm³/mol. The summed E-state index contributed by atoms with van der Waals surface area (Å²) in [6.07, 6.45) is 3.60. The minimum atomic E-state index is -0.499. The summed E-state index contributed by atoms with van der Waals surface area (Å²) in [7, 11) is 1.84. The minimum Gasteiger partial charge on any atom is -0.383 e. The fourth-order valence-corrected chi connectivity index (χ4v) is 5.68. The first-order valence-corrected chi connectivity index (χ1v) is 14.0. The van der Waals surface area contributed by atoms with Crippen LogP contribution < -0.4 is 11.4 Å². The molecule has 4 aromatic carbocycles. The Hall–Kier alpha value is -5.48. The topological polar surface area (TPSA) is 98.9 Å². The van der Waals surface area contributed by atoms with Crippen LogP contribution in [0.1, 0.15) is 16.7 Å². The molecule has 7 rings (SSSR count). The summed E-state index contributed by atoms with van der Waals surface area (Å²) in [4.78, 5) is 17.8. The Morgan fingerprint density at radius 2 is 1.58 bits per heavy atom. The monoisotopic (exact) mass is 623 g/mol. The predicted octanol–water partition coefficient (Wildman–Crippen LogP) is 6.33. The Morgan fingerprint density at radius 3 is 2.36 bits per heavy atom. The Labute approximate surface area is 262 Å². The number of rotatable bonds is 7. The second kappa shape index (κ2) is 11.9. The molecule has 45 heavy (non-hydrogen) atoms. The fraction of sp³-hybridized carbons (Fsp3) is 0.0882. The van der Waals surface area contributed by atoms with E-state index in [4.69, 9.17) is 5.73 Å². The standard InChI is InChI=1S/C34H27F2N7O.ClH/c1-41-19-28(26-15-24(35)10-12-29(26)41)33-39-40-34(44)43(33)31-20-42(30-13-11-25(36)16-27(30)31)18-22-8-5-9-23(14-22)32(37)38-17-21-6-3-2-4-7-21;/h2-16,19-20H,17-18H2,1H3,(H2,37,38)(H,40,44);1H. The van der Waals surface area contributed by atoms with Crippen molar-refractivity contribution < 1.29 is 8.78 Å². The van der Waals surface area contributed by atoms with Gasteiger partial charge in [0.05, 0.1) is 17.7 Å². The summed E-state index contributed by atoms with van der Waals surface area (Å²) in [6, 6.07) is 26.6. The molecule has 7 aromatic rings. The molecule has 0 amide bonds. The van der Waals surface area contributed by atoms with Gasteiger partial charge in [0.1, 0.15) is 17.5 Å². The van der Waals surface area contributed by atoms with Gasteiger partial charge in [-0.1, -0.05) is 48.5 Å². The van der Waals surface area contributed by atoms with Gasteiger partial charge in [-0.05, 0) is 53.6 Å². The Morgan fingerprint density at radius 1 is 0.867 bits per heavy atom. The number of fused-ring (bicyclic) bond motifs is 2. The van der Waals surface area contributed by atoms with Crippen LogP contribution in [0.2, 0.25) is 0 Å². The molecule has 0 aliphatic rings. The van der Waals surface area contributed by atoms with Gasteiger partial charge < -0.3 is 14.9 Å². The molecule has 0 saturated carbocycles. The largest absolute Gasteiger partial charge is 0.383 e. The number of amidine groups is 1. The average Bonchev–Trinajstić information content (AvgIpc) is 3.68. The molecule has 11 heteroatoms. The minimum absolute atomic E-state index is 0. The molecule has 3 aromatic heterocycles. The molecular formula is C34H28ClF2N7O. The molecule has 8 nitrogen and oxygen atoms in total. The maximum atomic E-state index is 14.6. The third-order valence-corrected chi connectivity index (χ3v) is 7.78. The lowest BCUT2D eigenvalue weighted by molar-refractivity contribution is 0.629. The van der Waals surface area contributed by atoms with Gasteiger partial charge in [-0.3, -0.25) is 4.99 Å². The first kappa shape index (κ1) is 29.6. The number of H-pyrrole nitrogens is 1. The first-order chi connectivity index (χ1) is 21.4. The lowest BCUT2D eigenvalue weighted by Crippen LogP contribution is -2.15. The lowest BCUT2D eigenvalue weighted by atomic mass is 10.1. The van der Waals surface area contributed by atoms with Crippen LogP contribution in [-0.2, 0) is 20.1 Å². The Bertz CT molecular complexity index is 2260. The number of halogens is 3. The van der Waals surface area contributed by atoms with Crippen molar-refractivity contribution in [2.45, 2.75) is 13.1 Å². The normalized spacial score (nSPS) is 11.8. The maximum absolute atomic E-state index is 14.6. The van der Waals surface area contributed by atoms with Crippen molar-refractivity contribution in [3.05, 3.63) is 142 Å². The first-order valence-electron chi connectivity index (χ1n) is 14.0. The molecule has 0 radical (unpaired) electrons. The average molecular weight is 624 g/mol. The highest BCUT2D eigenvalue weighted by Gasteiger charge is 2.21. The highest BCUT2D eigenvalue weighted by atomic mass is 35.5. The molecule has 0 bridgehead atoms. The summed E-state index contributed by atoms with van der Waals surface area (Å²) in [5, 5.41) is 7.97. The summed E-state index contributed by atoms with van der Waals surface area (Å²) in [6.45, 7) is 0.891. The number of benzene rings is 4. The number of aryl methyl sites for hydroxylation is 1. The number of aromatic amines is 1.